The number of alkyl halides is 6. The molecule has 0 spiro atoms. The minimum Gasteiger partial charge on any atom is -0.224 e. The monoisotopic (exact) mass is 193 g/mol. The van der Waals surface area contributed by atoms with E-state index in [2.05, 4.69) is 0 Å². The minimum absolute atomic E-state index is 0.499. The van der Waals surface area contributed by atoms with Crippen molar-refractivity contribution in [1.82, 2.24) is 5.43 Å². The predicted octanol–water partition coefficient (Wildman–Crippen LogP) is 1.78. The van der Waals surface area contributed by atoms with Crippen molar-refractivity contribution in [3.8, 4) is 0 Å². The fraction of sp³-hybridized carbons (Fsp3) is 1.00. The van der Waals surface area contributed by atoms with E-state index in [-0.39, 0.29) is 0 Å². The Kier molecular flexibility index (Phi) is 1.52. The highest BCUT2D eigenvalue weighted by atomic mass is 19.3. The molecule has 9 heteroatoms. The van der Waals surface area contributed by atoms with E-state index < -0.39 is 18.0 Å². The van der Waals surface area contributed by atoms with Gasteiger partial charge in [-0.05, 0) is 0 Å². The van der Waals surface area contributed by atoms with Crippen molar-refractivity contribution < 1.29 is 26.3 Å². The first-order valence-electron chi connectivity index (χ1n) is 2.53. The Morgan fingerprint density at radius 2 is 1.42 bits per heavy atom. The van der Waals surface area contributed by atoms with E-state index >= 15 is 0 Å². The van der Waals surface area contributed by atoms with Gasteiger partial charge in [-0.15, -0.1) is 0 Å². The molecule has 0 saturated carbocycles. The zero-order valence-corrected chi connectivity index (χ0v) is 5.16. The molecule has 1 aliphatic rings. The fourth-order valence-electron chi connectivity index (χ4n) is 0.472. The molecule has 0 radical (unpaired) electrons. The van der Waals surface area contributed by atoms with Crippen LogP contribution in [0.2, 0.25) is 0 Å². The molecule has 0 atom stereocenters. The fourth-order valence-corrected chi connectivity index (χ4v) is 0.472. The summed E-state index contributed by atoms with van der Waals surface area (Å²) < 4.78 is 71.9. The van der Waals surface area contributed by atoms with Gasteiger partial charge in [-0.3, -0.25) is 0 Å². The van der Waals surface area contributed by atoms with Gasteiger partial charge in [0.2, 0.25) is 0 Å². The second kappa shape index (κ2) is 2.02. The van der Waals surface area contributed by atoms with Crippen molar-refractivity contribution in [1.29, 1.82) is 0 Å². The molecule has 0 fully saturated rings. The van der Waals surface area contributed by atoms with E-state index in [4.69, 9.17) is 0 Å². The molecular weight excluding hydrogens is 192 g/mol. The molecule has 0 unspecified atom stereocenters. The highest BCUT2D eigenvalue weighted by Gasteiger charge is 2.75. The maximum Gasteiger partial charge on any atom is 0.431 e. The summed E-state index contributed by atoms with van der Waals surface area (Å²) in [5.41, 5.74) is 0.499. The molecule has 0 aromatic rings. The Hall–Kier alpha value is -1.02. The van der Waals surface area contributed by atoms with Gasteiger partial charge in [-0.2, -0.15) is 26.3 Å². The molecule has 0 bridgehead atoms. The van der Waals surface area contributed by atoms with E-state index in [9.17, 15) is 26.3 Å². The average molecular weight is 193 g/mol. The molecule has 0 aromatic heterocycles. The summed E-state index contributed by atoms with van der Waals surface area (Å²) in [5, 5.41) is 3.63. The summed E-state index contributed by atoms with van der Waals surface area (Å²) in [6, 6.07) is -10.3. The van der Waals surface area contributed by atoms with Crippen LogP contribution in [0.1, 0.15) is 0 Å². The molecule has 0 amide bonds. The molecule has 70 valence electrons. The standard InChI is InChI=1S/C3HF6N3/c4-1(5)2(6,7)10-12-11-3(1,8)9/h(H,10,11). The molecule has 3 nitrogen and oxygen atoms in total. The van der Waals surface area contributed by atoms with Gasteiger partial charge in [0, 0.05) is 0 Å². The number of nitrogens with zero attached hydrogens (tertiary/aromatic N) is 2. The number of hydrogen-bond acceptors (Lipinski definition) is 3. The molecule has 1 rings (SSSR count). The van der Waals surface area contributed by atoms with Crippen LogP contribution in [0.3, 0.4) is 0 Å². The lowest BCUT2D eigenvalue weighted by atomic mass is 10.2. The third kappa shape index (κ3) is 0.916. The average Bonchev–Trinajstić information content (AvgIpc) is 1.83. The van der Waals surface area contributed by atoms with Crippen molar-refractivity contribution in [2.45, 2.75) is 18.0 Å². The third-order valence-electron chi connectivity index (χ3n) is 1.14. The number of hydrogen-bond donors (Lipinski definition) is 1. The lowest BCUT2D eigenvalue weighted by Crippen LogP contribution is -2.61. The van der Waals surface area contributed by atoms with Gasteiger partial charge < -0.3 is 0 Å². The van der Waals surface area contributed by atoms with Crippen molar-refractivity contribution in [3.63, 3.8) is 0 Å². The van der Waals surface area contributed by atoms with Crippen LogP contribution >= 0.6 is 0 Å². The molecule has 12 heavy (non-hydrogen) atoms. The summed E-state index contributed by atoms with van der Waals surface area (Å²) in [5.74, 6) is -5.57. The van der Waals surface area contributed by atoms with Gasteiger partial charge in [0.15, 0.2) is 0 Å². The zero-order chi connectivity index (χ0) is 9.62. The van der Waals surface area contributed by atoms with Gasteiger partial charge >= 0.3 is 18.0 Å². The third-order valence-corrected chi connectivity index (χ3v) is 1.14. The van der Waals surface area contributed by atoms with Crippen LogP contribution in [-0.2, 0) is 0 Å². The molecule has 1 heterocycles. The van der Waals surface area contributed by atoms with Crippen molar-refractivity contribution >= 4 is 0 Å². The van der Waals surface area contributed by atoms with Crippen LogP contribution in [-0.4, -0.2) is 18.0 Å². The Labute approximate surface area is 61.4 Å². The van der Waals surface area contributed by atoms with E-state index in [1.165, 1.54) is 0 Å². The first kappa shape index (κ1) is 9.07. The van der Waals surface area contributed by atoms with Crippen LogP contribution in [0.25, 0.3) is 0 Å². The summed E-state index contributed by atoms with van der Waals surface area (Å²) in [7, 11) is 0. The highest BCUT2D eigenvalue weighted by Crippen LogP contribution is 2.47. The van der Waals surface area contributed by atoms with Gasteiger partial charge in [0.1, 0.15) is 0 Å². The van der Waals surface area contributed by atoms with Gasteiger partial charge in [-0.25, -0.2) is 5.43 Å². The number of halogens is 6. The first-order chi connectivity index (χ1) is 5.21. The van der Waals surface area contributed by atoms with E-state index in [1.807, 2.05) is 5.22 Å². The zero-order valence-electron chi connectivity index (χ0n) is 5.16. The molecule has 1 N–H and O–H groups in total. The van der Waals surface area contributed by atoms with Crippen molar-refractivity contribution in [2.75, 3.05) is 0 Å². The maximum absolute atomic E-state index is 12.0. The van der Waals surface area contributed by atoms with Crippen molar-refractivity contribution in [3.05, 3.63) is 0 Å². The van der Waals surface area contributed by atoms with E-state index in [0.717, 1.165) is 0 Å². The minimum atomic E-state index is -5.57. The van der Waals surface area contributed by atoms with Crippen LogP contribution in [0, 0.1) is 0 Å². The van der Waals surface area contributed by atoms with Gasteiger partial charge in [0.25, 0.3) is 0 Å². The predicted molar refractivity (Wildman–Crippen MR) is 22.8 cm³/mol. The maximum atomic E-state index is 12.0. The lowest BCUT2D eigenvalue weighted by Gasteiger charge is -2.31. The topological polar surface area (TPSA) is 36.8 Å². The summed E-state index contributed by atoms with van der Waals surface area (Å²) >= 11 is 0. The molecule has 0 aromatic carbocycles. The second-order valence-corrected chi connectivity index (χ2v) is 2.00. The summed E-state index contributed by atoms with van der Waals surface area (Å²) in [6.45, 7) is 0. The lowest BCUT2D eigenvalue weighted by molar-refractivity contribution is -0.331. The first-order valence-corrected chi connectivity index (χ1v) is 2.53. The van der Waals surface area contributed by atoms with Crippen LogP contribution < -0.4 is 5.43 Å². The largest absolute Gasteiger partial charge is 0.431 e. The second-order valence-electron chi connectivity index (χ2n) is 2.00. The highest BCUT2D eigenvalue weighted by molar-refractivity contribution is 4.94. The summed E-state index contributed by atoms with van der Waals surface area (Å²) in [4.78, 5) is 0. The smallest absolute Gasteiger partial charge is 0.224 e. The van der Waals surface area contributed by atoms with E-state index in [0.29, 0.717) is 5.43 Å². The Balaban J connectivity index is 3.13. The molecule has 0 saturated heterocycles. The number of rotatable bonds is 0. The normalized spacial score (nSPS) is 29.5. The Morgan fingerprint density at radius 3 is 1.75 bits per heavy atom. The van der Waals surface area contributed by atoms with Gasteiger partial charge in [0.05, 0.1) is 0 Å². The van der Waals surface area contributed by atoms with Crippen molar-refractivity contribution in [2.24, 2.45) is 10.3 Å². The summed E-state index contributed by atoms with van der Waals surface area (Å²) in [6.07, 6.45) is 0. The SMILES string of the molecule is FC1(F)N=NNC(F)(F)C1(F)F. The quantitative estimate of drug-likeness (QED) is 0.462. The molecular formula is C3HF6N3. The van der Waals surface area contributed by atoms with Crippen LogP contribution in [0.4, 0.5) is 26.3 Å². The Bertz CT molecular complexity index is 222. The Morgan fingerprint density at radius 1 is 0.917 bits per heavy atom. The van der Waals surface area contributed by atoms with Crippen LogP contribution in [0.5, 0.6) is 0 Å². The molecule has 1 aliphatic heterocycles. The van der Waals surface area contributed by atoms with E-state index in [1.54, 1.807) is 5.11 Å². The number of nitrogens with one attached hydrogen (secondary N) is 1. The van der Waals surface area contributed by atoms with Crippen LogP contribution in [0.15, 0.2) is 10.3 Å². The van der Waals surface area contributed by atoms with Gasteiger partial charge in [-0.1, -0.05) is 10.3 Å². The molecule has 0 aliphatic carbocycles.